The van der Waals surface area contributed by atoms with Crippen molar-refractivity contribution in [2.24, 2.45) is 5.92 Å². The Balaban J connectivity index is 0.00000264. The number of nitrogens with zero attached hydrogens (tertiary/aromatic N) is 2. The van der Waals surface area contributed by atoms with E-state index in [1.165, 1.54) is 22.5 Å². The molecular weight excluding hydrogens is 410 g/mol. The molecule has 1 aromatic rings. The molecular formula is C13H19BrClN3O4S. The third kappa shape index (κ3) is 4.63. The molecule has 1 aromatic carbocycles. The summed E-state index contributed by atoms with van der Waals surface area (Å²) in [5, 5.41) is 14.2. The number of nitro benzene ring substituents is 1. The van der Waals surface area contributed by atoms with Crippen LogP contribution in [0.15, 0.2) is 27.6 Å². The van der Waals surface area contributed by atoms with Gasteiger partial charge in [-0.1, -0.05) is 15.9 Å². The van der Waals surface area contributed by atoms with Crippen LogP contribution in [-0.4, -0.2) is 44.3 Å². The Bertz CT molecular complexity index is 663. The van der Waals surface area contributed by atoms with Crippen LogP contribution in [0.4, 0.5) is 5.69 Å². The summed E-state index contributed by atoms with van der Waals surface area (Å²) in [5.74, 6) is 0.439. The maximum Gasteiger partial charge on any atom is 0.289 e. The number of hydrogen-bond donors (Lipinski definition) is 1. The summed E-state index contributed by atoms with van der Waals surface area (Å²) in [6, 6.07) is 3.98. The number of rotatable bonds is 5. The Morgan fingerprint density at radius 3 is 2.52 bits per heavy atom. The van der Waals surface area contributed by atoms with E-state index in [-0.39, 0.29) is 23.0 Å². The van der Waals surface area contributed by atoms with Crippen molar-refractivity contribution in [3.63, 3.8) is 0 Å². The van der Waals surface area contributed by atoms with Gasteiger partial charge in [-0.15, -0.1) is 12.4 Å². The molecule has 23 heavy (non-hydrogen) atoms. The van der Waals surface area contributed by atoms with E-state index in [1.54, 1.807) is 0 Å². The van der Waals surface area contributed by atoms with Crippen molar-refractivity contribution in [1.29, 1.82) is 0 Å². The highest BCUT2D eigenvalue weighted by atomic mass is 79.9. The maximum absolute atomic E-state index is 12.7. The van der Waals surface area contributed by atoms with E-state index >= 15 is 0 Å². The Morgan fingerprint density at radius 1 is 1.39 bits per heavy atom. The quantitative estimate of drug-likeness (QED) is 0.574. The minimum atomic E-state index is -3.86. The highest BCUT2D eigenvalue weighted by Gasteiger charge is 2.34. The van der Waals surface area contributed by atoms with Gasteiger partial charge in [-0.3, -0.25) is 10.1 Å². The molecule has 1 aliphatic rings. The van der Waals surface area contributed by atoms with Crippen molar-refractivity contribution < 1.29 is 13.3 Å². The molecule has 1 N–H and O–H groups in total. The molecule has 0 amide bonds. The lowest BCUT2D eigenvalue weighted by Crippen LogP contribution is -2.40. The average Bonchev–Trinajstić information content (AvgIpc) is 2.47. The minimum absolute atomic E-state index is 0. The monoisotopic (exact) mass is 427 g/mol. The van der Waals surface area contributed by atoms with Gasteiger partial charge in [-0.05, 0) is 44.5 Å². The third-order valence-corrected chi connectivity index (χ3v) is 6.22. The second kappa shape index (κ2) is 8.39. The van der Waals surface area contributed by atoms with Gasteiger partial charge in [0.05, 0.1) is 4.92 Å². The molecule has 2 rings (SSSR count). The van der Waals surface area contributed by atoms with Gasteiger partial charge in [-0.2, -0.15) is 4.31 Å². The third-order valence-electron chi connectivity index (χ3n) is 3.80. The number of benzene rings is 1. The summed E-state index contributed by atoms with van der Waals surface area (Å²) in [7, 11) is -1.99. The van der Waals surface area contributed by atoms with Crippen molar-refractivity contribution in [3.05, 3.63) is 32.8 Å². The predicted molar refractivity (Wildman–Crippen MR) is 93.5 cm³/mol. The highest BCUT2D eigenvalue weighted by molar-refractivity contribution is 9.10. The SMILES string of the molecule is CNCC1CCN(S(=O)(=O)c2cc(Br)ccc2[N+](=O)[O-])CC1.Cl. The number of halogens is 2. The van der Waals surface area contributed by atoms with Crippen molar-refractivity contribution in [2.45, 2.75) is 17.7 Å². The largest absolute Gasteiger partial charge is 0.319 e. The van der Waals surface area contributed by atoms with Crippen LogP contribution in [0, 0.1) is 16.0 Å². The number of nitro groups is 1. The summed E-state index contributed by atoms with van der Waals surface area (Å²) in [6.45, 7) is 1.63. The van der Waals surface area contributed by atoms with E-state index < -0.39 is 14.9 Å². The van der Waals surface area contributed by atoms with E-state index in [9.17, 15) is 18.5 Å². The van der Waals surface area contributed by atoms with E-state index in [4.69, 9.17) is 0 Å². The lowest BCUT2D eigenvalue weighted by atomic mass is 9.98. The zero-order valence-electron chi connectivity index (χ0n) is 12.6. The van der Waals surface area contributed by atoms with Crippen LogP contribution < -0.4 is 5.32 Å². The Morgan fingerprint density at radius 2 is 2.00 bits per heavy atom. The van der Waals surface area contributed by atoms with Crippen LogP contribution in [-0.2, 0) is 10.0 Å². The summed E-state index contributed by atoms with van der Waals surface area (Å²) < 4.78 is 27.3. The number of sulfonamides is 1. The van der Waals surface area contributed by atoms with E-state index in [2.05, 4.69) is 21.2 Å². The molecule has 0 saturated carbocycles. The zero-order chi connectivity index (χ0) is 16.3. The molecule has 10 heteroatoms. The first-order valence-electron chi connectivity index (χ1n) is 6.95. The molecule has 0 radical (unpaired) electrons. The fourth-order valence-corrected chi connectivity index (χ4v) is 4.79. The molecule has 0 bridgehead atoms. The van der Waals surface area contributed by atoms with Gasteiger partial charge in [0.15, 0.2) is 4.90 Å². The molecule has 0 aromatic heterocycles. The summed E-state index contributed by atoms with van der Waals surface area (Å²) in [5.41, 5.74) is -0.388. The van der Waals surface area contributed by atoms with Crippen molar-refractivity contribution >= 4 is 44.0 Å². The fourth-order valence-electron chi connectivity index (χ4n) is 2.63. The van der Waals surface area contributed by atoms with Gasteiger partial charge in [0.25, 0.3) is 5.69 Å². The standard InChI is InChI=1S/C13H18BrN3O4S.ClH/c1-15-9-10-4-6-16(7-5-10)22(20,21)13-8-11(14)2-3-12(13)17(18)19;/h2-3,8,10,15H,4-7,9H2,1H3;1H. The molecule has 1 aliphatic heterocycles. The smallest absolute Gasteiger partial charge is 0.289 e. The Hall–Kier alpha value is -0.740. The highest BCUT2D eigenvalue weighted by Crippen LogP contribution is 2.31. The predicted octanol–water partition coefficient (Wildman–Crippen LogP) is 2.40. The van der Waals surface area contributed by atoms with Crippen LogP contribution in [0.2, 0.25) is 0 Å². The lowest BCUT2D eigenvalue weighted by molar-refractivity contribution is -0.387. The van der Waals surface area contributed by atoms with Gasteiger partial charge in [0.1, 0.15) is 0 Å². The molecule has 0 aliphatic carbocycles. The maximum atomic E-state index is 12.7. The van der Waals surface area contributed by atoms with Crippen molar-refractivity contribution in [2.75, 3.05) is 26.7 Å². The topological polar surface area (TPSA) is 92.6 Å². The van der Waals surface area contributed by atoms with Gasteiger partial charge in [-0.25, -0.2) is 8.42 Å². The van der Waals surface area contributed by atoms with Crippen LogP contribution in [0.1, 0.15) is 12.8 Å². The molecule has 0 spiro atoms. The summed E-state index contributed by atoms with van der Waals surface area (Å²) in [6.07, 6.45) is 1.50. The van der Waals surface area contributed by atoms with Gasteiger partial charge in [0.2, 0.25) is 10.0 Å². The molecule has 130 valence electrons. The van der Waals surface area contributed by atoms with Crippen LogP contribution >= 0.6 is 28.3 Å². The summed E-state index contributed by atoms with van der Waals surface area (Å²) in [4.78, 5) is 10.2. The normalized spacial score (nSPS) is 16.8. The van der Waals surface area contributed by atoms with Crippen molar-refractivity contribution in [3.8, 4) is 0 Å². The molecule has 0 atom stereocenters. The second-order valence-corrected chi connectivity index (χ2v) is 8.10. The number of nitrogens with one attached hydrogen (secondary N) is 1. The van der Waals surface area contributed by atoms with Crippen LogP contribution in [0.3, 0.4) is 0 Å². The first kappa shape index (κ1) is 20.3. The minimum Gasteiger partial charge on any atom is -0.319 e. The molecule has 1 fully saturated rings. The molecule has 1 saturated heterocycles. The van der Waals surface area contributed by atoms with Gasteiger partial charge < -0.3 is 5.32 Å². The Labute approximate surface area is 150 Å². The Kier molecular flexibility index (Phi) is 7.40. The molecule has 1 heterocycles. The number of hydrogen-bond acceptors (Lipinski definition) is 5. The van der Waals surface area contributed by atoms with E-state index in [1.807, 2.05) is 7.05 Å². The molecule has 0 unspecified atom stereocenters. The zero-order valence-corrected chi connectivity index (χ0v) is 15.8. The van der Waals surface area contributed by atoms with Crippen LogP contribution in [0.5, 0.6) is 0 Å². The van der Waals surface area contributed by atoms with Crippen LogP contribution in [0.25, 0.3) is 0 Å². The number of piperidine rings is 1. The summed E-state index contributed by atoms with van der Waals surface area (Å²) >= 11 is 3.18. The van der Waals surface area contributed by atoms with Crippen molar-refractivity contribution in [1.82, 2.24) is 9.62 Å². The van der Waals surface area contributed by atoms with E-state index in [0.29, 0.717) is 23.5 Å². The van der Waals surface area contributed by atoms with E-state index in [0.717, 1.165) is 19.4 Å². The lowest BCUT2D eigenvalue weighted by Gasteiger charge is -2.31. The second-order valence-electron chi connectivity index (χ2n) is 5.27. The fraction of sp³-hybridized carbons (Fsp3) is 0.538. The first-order valence-corrected chi connectivity index (χ1v) is 9.18. The average molecular weight is 429 g/mol. The van der Waals surface area contributed by atoms with Gasteiger partial charge in [0, 0.05) is 23.6 Å². The molecule has 7 nitrogen and oxygen atoms in total. The van der Waals surface area contributed by atoms with Gasteiger partial charge >= 0.3 is 0 Å². The first-order chi connectivity index (χ1) is 10.4.